The zero-order valence-electron chi connectivity index (χ0n) is 10.8. The van der Waals surface area contributed by atoms with Crippen LogP contribution in [-0.2, 0) is 28.2 Å². The van der Waals surface area contributed by atoms with Crippen LogP contribution in [0.3, 0.4) is 0 Å². The SMILES string of the molecule is O=S(=O)(OCCCOCCO)OCCCOCCO. The van der Waals surface area contributed by atoms with Crippen LogP contribution in [-0.4, -0.2) is 71.5 Å². The van der Waals surface area contributed by atoms with E-state index in [4.69, 9.17) is 19.7 Å². The second-order valence-electron chi connectivity index (χ2n) is 3.43. The van der Waals surface area contributed by atoms with Crippen molar-refractivity contribution < 1.29 is 36.5 Å². The Kier molecular flexibility index (Phi) is 12.5. The highest BCUT2D eigenvalue weighted by Gasteiger charge is 2.11. The van der Waals surface area contributed by atoms with E-state index in [1.165, 1.54) is 0 Å². The van der Waals surface area contributed by atoms with E-state index in [0.29, 0.717) is 26.1 Å². The second kappa shape index (κ2) is 12.7. The number of hydrogen-bond donors (Lipinski definition) is 2. The molecule has 0 aliphatic rings. The Morgan fingerprint density at radius 1 is 0.684 bits per heavy atom. The van der Waals surface area contributed by atoms with Crippen LogP contribution in [0, 0.1) is 0 Å². The number of ether oxygens (including phenoxy) is 2. The second-order valence-corrected chi connectivity index (χ2v) is 4.72. The lowest BCUT2D eigenvalue weighted by atomic mass is 10.5. The molecule has 0 amide bonds. The average molecular weight is 302 g/mol. The van der Waals surface area contributed by atoms with Gasteiger partial charge in [-0.15, -0.1) is 0 Å². The Balaban J connectivity index is 3.42. The highest BCUT2D eigenvalue weighted by molar-refractivity contribution is 7.81. The van der Waals surface area contributed by atoms with Crippen LogP contribution in [0.5, 0.6) is 0 Å². The zero-order valence-corrected chi connectivity index (χ0v) is 11.6. The molecule has 0 aliphatic heterocycles. The van der Waals surface area contributed by atoms with Gasteiger partial charge in [-0.25, -0.2) is 8.37 Å². The minimum absolute atomic E-state index is 0.0330. The van der Waals surface area contributed by atoms with E-state index in [0.717, 1.165) is 0 Å². The van der Waals surface area contributed by atoms with Gasteiger partial charge in [-0.1, -0.05) is 0 Å². The van der Waals surface area contributed by atoms with Crippen LogP contribution < -0.4 is 0 Å². The van der Waals surface area contributed by atoms with Crippen molar-refractivity contribution in [1.29, 1.82) is 0 Å². The van der Waals surface area contributed by atoms with Crippen molar-refractivity contribution in [2.75, 3.05) is 52.9 Å². The average Bonchev–Trinajstić information content (AvgIpc) is 2.38. The fraction of sp³-hybridized carbons (Fsp3) is 1.00. The largest absolute Gasteiger partial charge is 0.399 e. The number of aliphatic hydroxyl groups is 2. The van der Waals surface area contributed by atoms with Crippen molar-refractivity contribution in [1.82, 2.24) is 0 Å². The molecule has 0 radical (unpaired) electrons. The van der Waals surface area contributed by atoms with E-state index in [-0.39, 0.29) is 39.6 Å². The van der Waals surface area contributed by atoms with Crippen LogP contribution in [0.25, 0.3) is 0 Å². The summed E-state index contributed by atoms with van der Waals surface area (Å²) in [5.41, 5.74) is 0. The number of aliphatic hydroxyl groups excluding tert-OH is 2. The van der Waals surface area contributed by atoms with Gasteiger partial charge in [-0.05, 0) is 12.8 Å². The molecule has 116 valence electrons. The maximum absolute atomic E-state index is 11.2. The summed E-state index contributed by atoms with van der Waals surface area (Å²) < 4.78 is 41.4. The molecular formula is C10H22O8S. The van der Waals surface area contributed by atoms with Crippen molar-refractivity contribution in [3.8, 4) is 0 Å². The van der Waals surface area contributed by atoms with Gasteiger partial charge in [-0.3, -0.25) is 0 Å². The summed E-state index contributed by atoms with van der Waals surface area (Å²) in [5, 5.41) is 16.9. The van der Waals surface area contributed by atoms with Gasteiger partial charge >= 0.3 is 10.4 Å². The first-order valence-electron chi connectivity index (χ1n) is 6.03. The molecule has 0 bridgehead atoms. The first kappa shape index (κ1) is 18.7. The molecule has 2 N–H and O–H groups in total. The Morgan fingerprint density at radius 2 is 1.11 bits per heavy atom. The molecule has 0 unspecified atom stereocenters. The van der Waals surface area contributed by atoms with E-state index in [2.05, 4.69) is 8.37 Å². The van der Waals surface area contributed by atoms with Crippen LogP contribution in [0.2, 0.25) is 0 Å². The van der Waals surface area contributed by atoms with E-state index in [1.807, 2.05) is 0 Å². The summed E-state index contributed by atoms with van der Waals surface area (Å²) >= 11 is 0. The first-order valence-corrected chi connectivity index (χ1v) is 7.36. The molecule has 0 spiro atoms. The molecule has 19 heavy (non-hydrogen) atoms. The van der Waals surface area contributed by atoms with Crippen LogP contribution in [0.1, 0.15) is 12.8 Å². The van der Waals surface area contributed by atoms with Crippen molar-refractivity contribution in [2.24, 2.45) is 0 Å². The molecule has 0 rings (SSSR count). The maximum atomic E-state index is 11.2. The fourth-order valence-corrected chi connectivity index (χ4v) is 1.72. The molecule has 0 saturated carbocycles. The summed E-state index contributed by atoms with van der Waals surface area (Å²) in [6.45, 7) is 0.856. The van der Waals surface area contributed by atoms with Gasteiger partial charge in [0.05, 0.1) is 39.6 Å². The molecule has 0 aromatic rings. The lowest BCUT2D eigenvalue weighted by molar-refractivity contribution is 0.0775. The predicted octanol–water partition coefficient (Wildman–Crippen LogP) is -0.938. The van der Waals surface area contributed by atoms with Crippen molar-refractivity contribution in [2.45, 2.75) is 12.8 Å². The quantitative estimate of drug-likeness (QED) is 0.396. The van der Waals surface area contributed by atoms with Gasteiger partial charge in [0.25, 0.3) is 0 Å². The van der Waals surface area contributed by atoms with Crippen molar-refractivity contribution in [3.63, 3.8) is 0 Å². The van der Waals surface area contributed by atoms with Gasteiger partial charge in [0.2, 0.25) is 0 Å². The Labute approximate surface area is 113 Å². The van der Waals surface area contributed by atoms with Gasteiger partial charge in [0.1, 0.15) is 0 Å². The first-order chi connectivity index (χ1) is 9.12. The van der Waals surface area contributed by atoms with Crippen LogP contribution >= 0.6 is 0 Å². The molecule has 0 fully saturated rings. The summed E-state index contributed by atoms with van der Waals surface area (Å²) in [6, 6.07) is 0. The minimum atomic E-state index is -3.98. The zero-order chi connectivity index (χ0) is 14.4. The molecule has 0 atom stereocenters. The molecule has 0 aromatic heterocycles. The van der Waals surface area contributed by atoms with Crippen LogP contribution in [0.4, 0.5) is 0 Å². The topological polar surface area (TPSA) is 112 Å². The highest BCUT2D eigenvalue weighted by atomic mass is 32.3. The molecule has 0 saturated heterocycles. The molecule has 9 heteroatoms. The minimum Gasteiger partial charge on any atom is -0.394 e. The van der Waals surface area contributed by atoms with E-state index in [1.54, 1.807) is 0 Å². The molecule has 8 nitrogen and oxygen atoms in total. The summed E-state index contributed by atoms with van der Waals surface area (Å²) in [7, 11) is -3.98. The van der Waals surface area contributed by atoms with E-state index in [9.17, 15) is 8.42 Å². The van der Waals surface area contributed by atoms with Gasteiger partial charge in [0.15, 0.2) is 0 Å². The molecule has 0 heterocycles. The third kappa shape index (κ3) is 13.9. The number of rotatable bonds is 14. The van der Waals surface area contributed by atoms with Gasteiger partial charge in [0, 0.05) is 13.2 Å². The summed E-state index contributed by atoms with van der Waals surface area (Å²) in [6.07, 6.45) is 0.782. The maximum Gasteiger partial charge on any atom is 0.399 e. The smallest absolute Gasteiger partial charge is 0.394 e. The molecular weight excluding hydrogens is 280 g/mol. The summed E-state index contributed by atoms with van der Waals surface area (Å²) in [5.74, 6) is 0. The van der Waals surface area contributed by atoms with Gasteiger partial charge < -0.3 is 19.7 Å². The lowest BCUT2D eigenvalue weighted by Crippen LogP contribution is -2.14. The van der Waals surface area contributed by atoms with E-state index >= 15 is 0 Å². The Morgan fingerprint density at radius 3 is 1.47 bits per heavy atom. The Hall–Kier alpha value is -0.290. The van der Waals surface area contributed by atoms with Crippen molar-refractivity contribution >= 4 is 10.4 Å². The fourth-order valence-electron chi connectivity index (χ4n) is 1.01. The number of hydrogen-bond acceptors (Lipinski definition) is 8. The lowest BCUT2D eigenvalue weighted by Gasteiger charge is -2.06. The van der Waals surface area contributed by atoms with E-state index < -0.39 is 10.4 Å². The predicted molar refractivity (Wildman–Crippen MR) is 65.9 cm³/mol. The monoisotopic (exact) mass is 302 g/mol. The van der Waals surface area contributed by atoms with Crippen molar-refractivity contribution in [3.05, 3.63) is 0 Å². The Bertz CT molecular complexity index is 257. The molecule has 0 aliphatic carbocycles. The third-order valence-electron chi connectivity index (χ3n) is 1.79. The molecule has 0 aromatic carbocycles. The summed E-state index contributed by atoms with van der Waals surface area (Å²) in [4.78, 5) is 0. The normalized spacial score (nSPS) is 11.9. The van der Waals surface area contributed by atoms with Gasteiger partial charge in [-0.2, -0.15) is 8.42 Å². The highest BCUT2D eigenvalue weighted by Crippen LogP contribution is 1.99. The van der Waals surface area contributed by atoms with Crippen LogP contribution in [0.15, 0.2) is 0 Å². The standard InChI is InChI=1S/C10H22O8S/c11-3-9-15-5-1-7-17-19(13,14)18-8-2-6-16-10-4-12/h11-12H,1-10H2. The third-order valence-corrected chi connectivity index (χ3v) is 2.70.